The largest absolute Gasteiger partial charge is 0.478 e. The van der Waals surface area contributed by atoms with Crippen molar-refractivity contribution >= 4 is 11.9 Å². The third-order valence-corrected chi connectivity index (χ3v) is 6.95. The van der Waals surface area contributed by atoms with E-state index in [0.29, 0.717) is 17.0 Å². The van der Waals surface area contributed by atoms with Crippen molar-refractivity contribution in [2.45, 2.75) is 52.2 Å². The Labute approximate surface area is 227 Å². The highest BCUT2D eigenvalue weighted by Gasteiger charge is 2.28. The number of pyridine rings is 1. The molecule has 0 bridgehead atoms. The third-order valence-electron chi connectivity index (χ3n) is 6.95. The number of imidazole rings is 1. The summed E-state index contributed by atoms with van der Waals surface area (Å²) in [7, 11) is 2.02. The highest BCUT2D eigenvalue weighted by atomic mass is 16.4. The molecule has 10 nitrogen and oxygen atoms in total. The first-order valence-electron chi connectivity index (χ1n) is 12.8. The molecule has 0 aliphatic heterocycles. The monoisotopic (exact) mass is 527 g/mol. The molecular weight excluding hydrogens is 494 g/mol. The number of hydrogen-bond donors (Lipinski definition) is 2. The van der Waals surface area contributed by atoms with Gasteiger partial charge in [-0.25, -0.2) is 19.7 Å². The Morgan fingerprint density at radius 2 is 1.79 bits per heavy atom. The van der Waals surface area contributed by atoms with Crippen LogP contribution < -0.4 is 5.73 Å². The van der Waals surface area contributed by atoms with Crippen LogP contribution in [0.4, 0.5) is 0 Å². The van der Waals surface area contributed by atoms with Gasteiger partial charge in [-0.15, -0.1) is 0 Å². The Kier molecular flexibility index (Phi) is 8.77. The number of hydrogen-bond acceptors (Lipinski definition) is 7. The van der Waals surface area contributed by atoms with Gasteiger partial charge in [0, 0.05) is 38.1 Å². The first kappa shape index (κ1) is 27.6. The van der Waals surface area contributed by atoms with Gasteiger partial charge in [-0.05, 0) is 62.4 Å². The fraction of sp³-hybridized carbons (Fsp3) is 0.310. The lowest BCUT2D eigenvalue weighted by molar-refractivity contribution is 0.0694. The second-order valence-electron chi connectivity index (χ2n) is 9.64. The number of fused-ring (bicyclic) bond motifs is 1. The van der Waals surface area contributed by atoms with Crippen molar-refractivity contribution < 1.29 is 14.7 Å². The molecule has 3 heterocycles. The van der Waals surface area contributed by atoms with Gasteiger partial charge in [-0.2, -0.15) is 0 Å². The first-order chi connectivity index (χ1) is 18.7. The Morgan fingerprint density at radius 3 is 2.38 bits per heavy atom. The molecule has 202 valence electrons. The van der Waals surface area contributed by atoms with E-state index < -0.39 is 11.9 Å². The molecule has 4 aromatic rings. The van der Waals surface area contributed by atoms with Crippen LogP contribution in [0, 0.1) is 13.8 Å². The van der Waals surface area contributed by atoms with Crippen LogP contribution in [0.1, 0.15) is 73.5 Å². The molecular formula is C29H33N7O3. The van der Waals surface area contributed by atoms with Gasteiger partial charge in [0.25, 0.3) is 0 Å². The molecule has 0 saturated heterocycles. The molecule has 1 aromatic carbocycles. The van der Waals surface area contributed by atoms with Gasteiger partial charge in [-0.3, -0.25) is 14.7 Å². The van der Waals surface area contributed by atoms with Gasteiger partial charge in [-0.1, -0.05) is 18.2 Å². The summed E-state index contributed by atoms with van der Waals surface area (Å²) >= 11 is 0. The van der Waals surface area contributed by atoms with Crippen molar-refractivity contribution in [2.24, 2.45) is 12.8 Å². The van der Waals surface area contributed by atoms with Crippen LogP contribution >= 0.6 is 0 Å². The maximum Gasteiger partial charge on any atom is 0.339 e. The number of aromatic carboxylic acids is 1. The highest BCUT2D eigenvalue weighted by Crippen LogP contribution is 2.34. The Morgan fingerprint density at radius 1 is 1.08 bits per heavy atom. The third kappa shape index (κ3) is 6.71. The van der Waals surface area contributed by atoms with E-state index in [1.807, 2.05) is 44.0 Å². The number of nitrogens with zero attached hydrogens (tertiary/aromatic N) is 6. The summed E-state index contributed by atoms with van der Waals surface area (Å²) in [4.78, 5) is 40.9. The lowest BCUT2D eigenvalue weighted by atomic mass is 9.90. The molecule has 1 unspecified atom stereocenters. The molecule has 1 aliphatic carbocycles. The zero-order valence-electron chi connectivity index (χ0n) is 22.4. The summed E-state index contributed by atoms with van der Waals surface area (Å²) in [5, 5.41) is 8.67. The van der Waals surface area contributed by atoms with Gasteiger partial charge < -0.3 is 15.4 Å². The number of aromatic nitrogens is 5. The van der Waals surface area contributed by atoms with Gasteiger partial charge in [0.15, 0.2) is 0 Å². The molecule has 0 spiro atoms. The van der Waals surface area contributed by atoms with E-state index >= 15 is 0 Å². The Bertz CT molecular complexity index is 1430. The van der Waals surface area contributed by atoms with Gasteiger partial charge >= 0.3 is 5.97 Å². The molecule has 0 saturated carbocycles. The standard InChI is InChI=1S/C22H25N5O.C7H8N2O2/c1-26-15-24-12-19(26)14-27(13-16-7-9-18(10-8-16)22(23)28)20-6-2-4-17-5-3-11-25-21(17)20;1-4-6(7(10)11)5(2)9-3-8-4/h3,5,7-12,15,20H,2,4,6,13-14H2,1H3,(H2,23,28);3H,1-2H3,(H,10,11). The minimum absolute atomic E-state index is 0.201. The first-order valence-corrected chi connectivity index (χ1v) is 12.8. The molecule has 10 heteroatoms. The fourth-order valence-corrected chi connectivity index (χ4v) is 4.87. The van der Waals surface area contributed by atoms with Crippen molar-refractivity contribution in [3.05, 3.63) is 106 Å². The highest BCUT2D eigenvalue weighted by molar-refractivity contribution is 5.92. The van der Waals surface area contributed by atoms with E-state index in [0.717, 1.165) is 43.6 Å². The summed E-state index contributed by atoms with van der Waals surface area (Å²) in [5.74, 6) is -1.37. The van der Waals surface area contributed by atoms with Gasteiger partial charge in [0.1, 0.15) is 11.9 Å². The fourth-order valence-electron chi connectivity index (χ4n) is 4.87. The smallest absolute Gasteiger partial charge is 0.339 e. The lowest BCUT2D eigenvalue weighted by Crippen LogP contribution is -2.32. The number of primary amides is 1. The summed E-state index contributed by atoms with van der Waals surface area (Å²) in [6, 6.07) is 12.0. The summed E-state index contributed by atoms with van der Waals surface area (Å²) in [6.45, 7) is 4.86. The van der Waals surface area contributed by atoms with E-state index in [4.69, 9.17) is 15.8 Å². The minimum Gasteiger partial charge on any atom is -0.478 e. The van der Waals surface area contributed by atoms with Crippen LogP contribution in [0.25, 0.3) is 0 Å². The van der Waals surface area contributed by atoms with E-state index in [9.17, 15) is 9.59 Å². The Balaban J connectivity index is 0.000000270. The number of rotatable bonds is 7. The molecule has 1 aliphatic rings. The maximum absolute atomic E-state index is 11.4. The van der Waals surface area contributed by atoms with Crippen LogP contribution in [-0.4, -0.2) is 46.4 Å². The average molecular weight is 528 g/mol. The number of carboxylic acids is 1. The topological polar surface area (TPSA) is 140 Å². The van der Waals surface area contributed by atoms with Gasteiger partial charge in [0.05, 0.1) is 35.1 Å². The van der Waals surface area contributed by atoms with Crippen LogP contribution in [0.5, 0.6) is 0 Å². The second-order valence-corrected chi connectivity index (χ2v) is 9.64. The minimum atomic E-state index is -0.972. The number of amides is 1. The normalized spacial score (nSPS) is 14.3. The molecule has 0 fully saturated rings. The van der Waals surface area contributed by atoms with Crippen molar-refractivity contribution in [3.8, 4) is 0 Å². The molecule has 39 heavy (non-hydrogen) atoms. The van der Waals surface area contributed by atoms with E-state index in [1.54, 1.807) is 26.0 Å². The van der Waals surface area contributed by atoms with Crippen LogP contribution in [0.15, 0.2) is 61.4 Å². The van der Waals surface area contributed by atoms with Crippen LogP contribution in [0.2, 0.25) is 0 Å². The molecule has 3 aromatic heterocycles. The zero-order chi connectivity index (χ0) is 27.9. The predicted octanol–water partition coefficient (Wildman–Crippen LogP) is 3.79. The van der Waals surface area contributed by atoms with E-state index in [-0.39, 0.29) is 11.6 Å². The van der Waals surface area contributed by atoms with Crippen molar-refractivity contribution in [1.29, 1.82) is 0 Å². The Hall–Kier alpha value is -4.44. The van der Waals surface area contributed by atoms with Crippen molar-refractivity contribution in [3.63, 3.8) is 0 Å². The van der Waals surface area contributed by atoms with Gasteiger partial charge in [0.2, 0.25) is 5.91 Å². The second kappa shape index (κ2) is 12.4. The number of carbonyl (C=O) groups excluding carboxylic acids is 1. The van der Waals surface area contributed by atoms with Crippen LogP contribution in [0.3, 0.4) is 0 Å². The van der Waals surface area contributed by atoms with E-state index in [1.165, 1.54) is 17.6 Å². The summed E-state index contributed by atoms with van der Waals surface area (Å²) in [6.07, 6.45) is 10.3. The lowest BCUT2D eigenvalue weighted by Gasteiger charge is -2.35. The number of carboxylic acid groups (broad SMARTS) is 1. The maximum atomic E-state index is 11.4. The van der Waals surface area contributed by atoms with Crippen LogP contribution in [-0.2, 0) is 26.6 Å². The number of carbonyl (C=O) groups is 2. The number of aryl methyl sites for hydroxylation is 4. The molecule has 0 radical (unpaired) electrons. The zero-order valence-corrected chi connectivity index (χ0v) is 22.4. The SMILES string of the molecule is Cc1ncnc(C)c1C(=O)O.Cn1cncc1CN(Cc1ccc(C(N)=O)cc1)C1CCCc2cccnc21. The number of benzene rings is 1. The molecule has 1 amide bonds. The molecule has 5 rings (SSSR count). The summed E-state index contributed by atoms with van der Waals surface area (Å²) in [5.41, 5.74) is 12.0. The van der Waals surface area contributed by atoms with Crippen molar-refractivity contribution in [1.82, 2.24) is 29.4 Å². The summed E-state index contributed by atoms with van der Waals surface area (Å²) < 4.78 is 2.06. The quantitative estimate of drug-likeness (QED) is 0.370. The average Bonchev–Trinajstić information content (AvgIpc) is 3.32. The number of nitrogens with two attached hydrogens (primary N) is 1. The van der Waals surface area contributed by atoms with Crippen molar-refractivity contribution in [2.75, 3.05) is 0 Å². The van der Waals surface area contributed by atoms with E-state index in [2.05, 4.69) is 30.5 Å². The molecule has 3 N–H and O–H groups in total. The predicted molar refractivity (Wildman–Crippen MR) is 146 cm³/mol. The molecule has 1 atom stereocenters.